The number of carboxylic acid groups (broad SMARTS) is 1. The van der Waals surface area contributed by atoms with Crippen LogP contribution in [0.4, 0.5) is 0 Å². The summed E-state index contributed by atoms with van der Waals surface area (Å²) < 4.78 is 0.998. The highest BCUT2D eigenvalue weighted by Crippen LogP contribution is 2.42. The Bertz CT molecular complexity index is 420. The molecule has 1 aromatic rings. The van der Waals surface area contributed by atoms with Crippen LogP contribution in [0.2, 0.25) is 0 Å². The molecule has 0 heterocycles. The number of carboxylic acids is 1. The lowest BCUT2D eigenvalue weighted by Gasteiger charge is -2.24. The monoisotopic (exact) mass is 282 g/mol. The Hall–Kier alpha value is -0.830. The number of benzene rings is 1. The number of hydrogen-bond acceptors (Lipinski definition) is 1. The Labute approximate surface area is 104 Å². The van der Waals surface area contributed by atoms with Gasteiger partial charge in [0.15, 0.2) is 0 Å². The van der Waals surface area contributed by atoms with Crippen molar-refractivity contribution in [1.29, 1.82) is 0 Å². The van der Waals surface area contributed by atoms with Crippen LogP contribution in [0, 0.1) is 6.92 Å². The minimum absolute atomic E-state index is 0.643. The van der Waals surface area contributed by atoms with Crippen molar-refractivity contribution in [2.75, 3.05) is 0 Å². The molecule has 0 spiro atoms. The van der Waals surface area contributed by atoms with Crippen molar-refractivity contribution in [1.82, 2.24) is 0 Å². The fourth-order valence-electron chi connectivity index (χ4n) is 2.50. The third-order valence-electron chi connectivity index (χ3n) is 3.59. The zero-order valence-corrected chi connectivity index (χ0v) is 10.9. The Kier molecular flexibility index (Phi) is 3.06. The van der Waals surface area contributed by atoms with Gasteiger partial charge in [0.05, 0.1) is 5.41 Å². The van der Waals surface area contributed by atoms with Gasteiger partial charge in [-0.15, -0.1) is 0 Å². The molecular weight excluding hydrogens is 268 g/mol. The van der Waals surface area contributed by atoms with Gasteiger partial charge in [0.2, 0.25) is 0 Å². The lowest BCUT2D eigenvalue weighted by atomic mass is 9.79. The summed E-state index contributed by atoms with van der Waals surface area (Å²) in [5.74, 6) is -0.680. The van der Waals surface area contributed by atoms with E-state index in [-0.39, 0.29) is 0 Å². The maximum absolute atomic E-state index is 11.5. The van der Waals surface area contributed by atoms with Crippen LogP contribution in [-0.2, 0) is 10.2 Å². The topological polar surface area (TPSA) is 37.3 Å². The van der Waals surface area contributed by atoms with Crippen LogP contribution in [0.25, 0.3) is 0 Å². The average molecular weight is 283 g/mol. The Balaban J connectivity index is 2.47. The molecule has 0 amide bonds. The van der Waals surface area contributed by atoms with E-state index in [0.29, 0.717) is 0 Å². The van der Waals surface area contributed by atoms with E-state index in [1.807, 2.05) is 25.1 Å². The van der Waals surface area contributed by atoms with Crippen LogP contribution in [0.5, 0.6) is 0 Å². The normalized spacial score (nSPS) is 18.6. The van der Waals surface area contributed by atoms with E-state index in [1.54, 1.807) is 0 Å². The standard InChI is InChI=1S/C13H15BrO2/c1-9-4-5-10(8-11(9)14)13(12(15)16)6-2-3-7-13/h4-5,8H,2-3,6-7H2,1H3,(H,15,16). The van der Waals surface area contributed by atoms with Crippen molar-refractivity contribution in [2.24, 2.45) is 0 Å². The Morgan fingerprint density at radius 3 is 2.50 bits per heavy atom. The van der Waals surface area contributed by atoms with Gasteiger partial charge in [-0.2, -0.15) is 0 Å². The largest absolute Gasteiger partial charge is 0.481 e. The molecule has 1 aromatic carbocycles. The summed E-state index contributed by atoms with van der Waals surface area (Å²) in [4.78, 5) is 11.5. The number of halogens is 1. The fraction of sp³-hybridized carbons (Fsp3) is 0.462. The van der Waals surface area contributed by atoms with E-state index in [9.17, 15) is 9.90 Å². The molecule has 1 saturated carbocycles. The van der Waals surface area contributed by atoms with Gasteiger partial charge in [-0.05, 0) is 37.0 Å². The van der Waals surface area contributed by atoms with Gasteiger partial charge in [-0.25, -0.2) is 0 Å². The molecule has 0 aliphatic heterocycles. The summed E-state index contributed by atoms with van der Waals surface area (Å²) >= 11 is 3.47. The van der Waals surface area contributed by atoms with Gasteiger partial charge in [0, 0.05) is 4.47 Å². The van der Waals surface area contributed by atoms with Crippen molar-refractivity contribution in [3.63, 3.8) is 0 Å². The Morgan fingerprint density at radius 1 is 1.38 bits per heavy atom. The van der Waals surface area contributed by atoms with Gasteiger partial charge in [0.25, 0.3) is 0 Å². The smallest absolute Gasteiger partial charge is 0.314 e. The first-order valence-electron chi connectivity index (χ1n) is 5.56. The van der Waals surface area contributed by atoms with Crippen LogP contribution in [0.3, 0.4) is 0 Å². The van der Waals surface area contributed by atoms with Crippen LogP contribution in [0.1, 0.15) is 36.8 Å². The molecule has 0 unspecified atom stereocenters. The number of aryl methyl sites for hydroxylation is 1. The van der Waals surface area contributed by atoms with Crippen LogP contribution in [0.15, 0.2) is 22.7 Å². The summed E-state index contributed by atoms with van der Waals surface area (Å²) in [6, 6.07) is 5.91. The summed E-state index contributed by atoms with van der Waals surface area (Å²) in [6.45, 7) is 2.01. The highest BCUT2D eigenvalue weighted by Gasteiger charge is 2.42. The molecule has 3 heteroatoms. The van der Waals surface area contributed by atoms with Crippen molar-refractivity contribution >= 4 is 21.9 Å². The van der Waals surface area contributed by atoms with Crippen molar-refractivity contribution in [3.8, 4) is 0 Å². The third-order valence-corrected chi connectivity index (χ3v) is 4.45. The summed E-state index contributed by atoms with van der Waals surface area (Å²) in [7, 11) is 0. The summed E-state index contributed by atoms with van der Waals surface area (Å²) in [6.07, 6.45) is 3.55. The van der Waals surface area contributed by atoms with Crippen molar-refractivity contribution < 1.29 is 9.90 Å². The molecule has 86 valence electrons. The van der Waals surface area contributed by atoms with E-state index in [2.05, 4.69) is 15.9 Å². The SMILES string of the molecule is Cc1ccc(C2(C(=O)O)CCCC2)cc1Br. The molecule has 1 fully saturated rings. The molecule has 0 atom stereocenters. The molecular formula is C13H15BrO2. The average Bonchev–Trinajstić information content (AvgIpc) is 2.72. The van der Waals surface area contributed by atoms with Gasteiger partial charge in [0.1, 0.15) is 0 Å². The molecule has 0 saturated heterocycles. The maximum atomic E-state index is 11.5. The van der Waals surface area contributed by atoms with Crippen molar-refractivity contribution in [3.05, 3.63) is 33.8 Å². The molecule has 0 bridgehead atoms. The molecule has 2 rings (SSSR count). The number of aliphatic carboxylic acids is 1. The highest BCUT2D eigenvalue weighted by atomic mass is 79.9. The molecule has 1 N–H and O–H groups in total. The van der Waals surface area contributed by atoms with E-state index >= 15 is 0 Å². The zero-order valence-electron chi connectivity index (χ0n) is 9.29. The number of carbonyl (C=O) groups is 1. The third kappa shape index (κ3) is 1.77. The summed E-state index contributed by atoms with van der Waals surface area (Å²) in [5.41, 5.74) is 1.44. The number of hydrogen-bond donors (Lipinski definition) is 1. The highest BCUT2D eigenvalue weighted by molar-refractivity contribution is 9.10. The second-order valence-electron chi connectivity index (χ2n) is 4.56. The van der Waals surface area contributed by atoms with Gasteiger partial charge in [-0.3, -0.25) is 4.79 Å². The van der Waals surface area contributed by atoms with Crippen LogP contribution < -0.4 is 0 Å². The molecule has 0 aromatic heterocycles. The second-order valence-corrected chi connectivity index (χ2v) is 5.41. The molecule has 1 aliphatic rings. The van der Waals surface area contributed by atoms with Crippen molar-refractivity contribution in [2.45, 2.75) is 38.0 Å². The van der Waals surface area contributed by atoms with Gasteiger partial charge in [-0.1, -0.05) is 40.9 Å². The van der Waals surface area contributed by atoms with Crippen LogP contribution >= 0.6 is 15.9 Å². The quantitative estimate of drug-likeness (QED) is 0.899. The predicted molar refractivity (Wildman–Crippen MR) is 66.7 cm³/mol. The number of rotatable bonds is 2. The first-order chi connectivity index (χ1) is 7.56. The van der Waals surface area contributed by atoms with Crippen LogP contribution in [-0.4, -0.2) is 11.1 Å². The Morgan fingerprint density at radius 2 is 2.00 bits per heavy atom. The minimum Gasteiger partial charge on any atom is -0.481 e. The molecule has 0 radical (unpaired) electrons. The van der Waals surface area contributed by atoms with E-state index in [0.717, 1.165) is 41.3 Å². The lowest BCUT2D eigenvalue weighted by Crippen LogP contribution is -2.32. The zero-order chi connectivity index (χ0) is 11.8. The fourth-order valence-corrected chi connectivity index (χ4v) is 2.87. The molecule has 1 aliphatic carbocycles. The van der Waals surface area contributed by atoms with E-state index in [4.69, 9.17) is 0 Å². The first-order valence-corrected chi connectivity index (χ1v) is 6.35. The first kappa shape index (κ1) is 11.6. The van der Waals surface area contributed by atoms with E-state index in [1.165, 1.54) is 0 Å². The maximum Gasteiger partial charge on any atom is 0.314 e. The minimum atomic E-state index is -0.680. The van der Waals surface area contributed by atoms with E-state index < -0.39 is 11.4 Å². The summed E-state index contributed by atoms with van der Waals surface area (Å²) in [5, 5.41) is 9.46. The van der Waals surface area contributed by atoms with Gasteiger partial charge >= 0.3 is 5.97 Å². The molecule has 2 nitrogen and oxygen atoms in total. The second kappa shape index (κ2) is 4.21. The predicted octanol–water partition coefficient (Wildman–Crippen LogP) is 3.65. The lowest BCUT2D eigenvalue weighted by molar-refractivity contribution is -0.143. The molecule has 16 heavy (non-hydrogen) atoms. The van der Waals surface area contributed by atoms with Gasteiger partial charge < -0.3 is 5.11 Å².